The molecular weight excluding hydrogens is 266 g/mol. The summed E-state index contributed by atoms with van der Waals surface area (Å²) in [5.41, 5.74) is 3.04. The van der Waals surface area contributed by atoms with Crippen molar-refractivity contribution in [3.05, 3.63) is 44.0 Å². The van der Waals surface area contributed by atoms with E-state index in [9.17, 15) is 0 Å². The first kappa shape index (κ1) is 15.1. The Morgan fingerprint density at radius 2 is 1.27 bits per heavy atom. The molecule has 15 heavy (non-hydrogen) atoms. The molecule has 0 N–H and O–H groups in total. The minimum absolute atomic E-state index is 0. The average Bonchev–Trinajstić information content (AvgIpc) is 2.65. The standard InChI is InChI=1S/2C6H7.2ClH.V/c2*1-6-4-2-3-5-6;;;/h2*2,4H,3H2,1H3;2*1H;. The predicted molar refractivity (Wildman–Crippen MR) is 67.4 cm³/mol. The zero-order valence-corrected chi connectivity index (χ0v) is 12.0. The van der Waals surface area contributed by atoms with Crippen molar-refractivity contribution in [1.29, 1.82) is 0 Å². The minimum atomic E-state index is 0. The third-order valence-electron chi connectivity index (χ3n) is 2.54. The Labute approximate surface area is 111 Å². The quantitative estimate of drug-likeness (QED) is 0.705. The summed E-state index contributed by atoms with van der Waals surface area (Å²) in [4.78, 5) is 0. The first-order valence-electron chi connectivity index (χ1n) is 4.71. The van der Waals surface area contributed by atoms with Gasteiger partial charge in [0.25, 0.3) is 0 Å². The first-order valence-corrected chi connectivity index (χ1v) is 6.11. The SMILES string of the molecule is CC1=[C]([V][C]2=C(C)C=CC2)CC=C1.Cl.Cl. The molecule has 0 saturated heterocycles. The molecule has 0 aliphatic heterocycles. The fraction of sp³-hybridized carbons (Fsp3) is 0.333. The molecule has 2 aliphatic rings. The van der Waals surface area contributed by atoms with Gasteiger partial charge in [-0.25, -0.2) is 0 Å². The van der Waals surface area contributed by atoms with Gasteiger partial charge in [-0.15, -0.1) is 24.8 Å². The summed E-state index contributed by atoms with van der Waals surface area (Å²) in [5.74, 6) is 0. The van der Waals surface area contributed by atoms with E-state index in [1.54, 1.807) is 8.57 Å². The Bertz CT molecular complexity index is 315. The van der Waals surface area contributed by atoms with Crippen LogP contribution in [0.15, 0.2) is 44.0 Å². The third-order valence-corrected chi connectivity index (χ3v) is 5.05. The molecular formula is C12H16Cl2V. The van der Waals surface area contributed by atoms with Gasteiger partial charge < -0.3 is 0 Å². The monoisotopic (exact) mass is 281 g/mol. The van der Waals surface area contributed by atoms with Gasteiger partial charge in [0, 0.05) is 0 Å². The van der Waals surface area contributed by atoms with Crippen molar-refractivity contribution in [3.63, 3.8) is 0 Å². The van der Waals surface area contributed by atoms with Crippen LogP contribution in [0.3, 0.4) is 0 Å². The Hall–Kier alpha value is 0.124. The number of allylic oxidation sites excluding steroid dienone is 8. The van der Waals surface area contributed by atoms with Crippen molar-refractivity contribution in [2.75, 3.05) is 0 Å². The molecule has 0 aromatic rings. The van der Waals surface area contributed by atoms with Crippen LogP contribution in [0.1, 0.15) is 26.7 Å². The van der Waals surface area contributed by atoms with Crippen LogP contribution < -0.4 is 0 Å². The van der Waals surface area contributed by atoms with Crippen LogP contribution in [0.5, 0.6) is 0 Å². The molecule has 0 saturated carbocycles. The third kappa shape index (κ3) is 3.57. The number of rotatable bonds is 2. The fourth-order valence-electron chi connectivity index (χ4n) is 1.64. The molecule has 0 aromatic heterocycles. The van der Waals surface area contributed by atoms with Gasteiger partial charge in [-0.2, -0.15) is 0 Å². The molecule has 0 nitrogen and oxygen atoms in total. The Balaban J connectivity index is 0.000000980. The smallest absolute Gasteiger partial charge is 0.147 e. The number of halogens is 2. The molecule has 0 atom stereocenters. The zero-order chi connectivity index (χ0) is 9.26. The van der Waals surface area contributed by atoms with E-state index in [4.69, 9.17) is 0 Å². The van der Waals surface area contributed by atoms with Crippen molar-refractivity contribution >= 4 is 24.8 Å². The summed E-state index contributed by atoms with van der Waals surface area (Å²) in [6.45, 7) is 4.49. The Kier molecular flexibility index (Phi) is 6.71. The minimum Gasteiger partial charge on any atom is -0.147 e. The van der Waals surface area contributed by atoms with Crippen LogP contribution in [0.4, 0.5) is 0 Å². The fourth-order valence-corrected chi connectivity index (χ4v) is 3.55. The van der Waals surface area contributed by atoms with Crippen LogP contribution in [0.2, 0.25) is 0 Å². The van der Waals surface area contributed by atoms with E-state index < -0.39 is 0 Å². The second kappa shape index (κ2) is 6.65. The van der Waals surface area contributed by atoms with Crippen LogP contribution in [-0.2, 0) is 16.3 Å². The molecule has 83 valence electrons. The van der Waals surface area contributed by atoms with Gasteiger partial charge in [-0.05, 0) is 0 Å². The Morgan fingerprint density at radius 3 is 1.53 bits per heavy atom. The van der Waals surface area contributed by atoms with Crippen molar-refractivity contribution in [2.24, 2.45) is 0 Å². The molecule has 0 spiro atoms. The van der Waals surface area contributed by atoms with E-state index in [2.05, 4.69) is 38.2 Å². The van der Waals surface area contributed by atoms with Gasteiger partial charge in [0.05, 0.1) is 0 Å². The van der Waals surface area contributed by atoms with Crippen molar-refractivity contribution in [1.82, 2.24) is 0 Å². The summed E-state index contributed by atoms with van der Waals surface area (Å²) in [7, 11) is 0. The van der Waals surface area contributed by atoms with Gasteiger partial charge in [0.2, 0.25) is 0 Å². The molecule has 0 bridgehead atoms. The predicted octanol–water partition coefficient (Wildman–Crippen LogP) is 4.38. The van der Waals surface area contributed by atoms with Crippen LogP contribution in [-0.4, -0.2) is 0 Å². The maximum Gasteiger partial charge on any atom is -0.147 e. The second-order valence-electron chi connectivity index (χ2n) is 3.58. The molecule has 2 rings (SSSR count). The van der Waals surface area contributed by atoms with E-state index in [-0.39, 0.29) is 24.8 Å². The van der Waals surface area contributed by atoms with Gasteiger partial charge in [0.15, 0.2) is 0 Å². The van der Waals surface area contributed by atoms with Gasteiger partial charge >= 0.3 is 87.0 Å². The van der Waals surface area contributed by atoms with Crippen molar-refractivity contribution < 1.29 is 16.3 Å². The maximum atomic E-state index is 2.29. The molecule has 2 aliphatic carbocycles. The van der Waals surface area contributed by atoms with Gasteiger partial charge in [0.1, 0.15) is 0 Å². The first-order chi connectivity index (χ1) is 6.27. The Morgan fingerprint density at radius 1 is 0.867 bits per heavy atom. The molecule has 0 heterocycles. The molecule has 0 radical (unpaired) electrons. The summed E-state index contributed by atoms with van der Waals surface area (Å²) < 4.78 is 3.41. The van der Waals surface area contributed by atoms with Gasteiger partial charge in [-0.3, -0.25) is 0 Å². The van der Waals surface area contributed by atoms with Crippen LogP contribution in [0.25, 0.3) is 0 Å². The zero-order valence-electron chi connectivity index (χ0n) is 8.99. The summed E-state index contributed by atoms with van der Waals surface area (Å²) in [6, 6.07) is 0. The molecule has 0 amide bonds. The number of hydrogen-bond donors (Lipinski definition) is 0. The molecule has 0 aromatic carbocycles. The van der Waals surface area contributed by atoms with E-state index >= 15 is 0 Å². The van der Waals surface area contributed by atoms with E-state index in [0.29, 0.717) is 16.3 Å². The maximum absolute atomic E-state index is 2.29. The summed E-state index contributed by atoms with van der Waals surface area (Å²) in [6.07, 6.45) is 11.5. The van der Waals surface area contributed by atoms with E-state index in [1.165, 1.54) is 24.0 Å². The topological polar surface area (TPSA) is 0 Å². The molecule has 3 heteroatoms. The van der Waals surface area contributed by atoms with Crippen molar-refractivity contribution in [2.45, 2.75) is 26.7 Å². The van der Waals surface area contributed by atoms with Crippen molar-refractivity contribution in [3.8, 4) is 0 Å². The van der Waals surface area contributed by atoms with E-state index in [1.807, 2.05) is 0 Å². The number of hydrogen-bond acceptors (Lipinski definition) is 0. The summed E-state index contributed by atoms with van der Waals surface area (Å²) in [5, 5.41) is 0. The molecule has 0 unspecified atom stereocenters. The van der Waals surface area contributed by atoms with Crippen LogP contribution >= 0.6 is 24.8 Å². The van der Waals surface area contributed by atoms with Crippen LogP contribution in [0, 0.1) is 0 Å². The summed E-state index contributed by atoms with van der Waals surface area (Å²) >= 11 is 0.322. The molecule has 0 fully saturated rings. The normalized spacial score (nSPS) is 18.0. The van der Waals surface area contributed by atoms with E-state index in [0.717, 1.165) is 0 Å². The van der Waals surface area contributed by atoms with Gasteiger partial charge in [-0.1, -0.05) is 0 Å². The largest absolute Gasteiger partial charge is 0.147 e. The average molecular weight is 282 g/mol. The second-order valence-corrected chi connectivity index (χ2v) is 5.62.